The summed E-state index contributed by atoms with van der Waals surface area (Å²) in [6.45, 7) is 1.70. The maximum absolute atomic E-state index is 13.0. The summed E-state index contributed by atoms with van der Waals surface area (Å²) >= 11 is 1.69. The van der Waals surface area contributed by atoms with Crippen LogP contribution in [0.3, 0.4) is 0 Å². The smallest absolute Gasteiger partial charge is 0.422 e. The van der Waals surface area contributed by atoms with E-state index >= 15 is 0 Å². The van der Waals surface area contributed by atoms with Gasteiger partial charge in [-0.3, -0.25) is 9.59 Å². The quantitative estimate of drug-likeness (QED) is 0.703. The fourth-order valence-corrected chi connectivity index (χ4v) is 4.20. The zero-order valence-electron chi connectivity index (χ0n) is 16.5. The monoisotopic (exact) mass is 440 g/mol. The average Bonchev–Trinajstić information content (AvgIpc) is 3.19. The van der Waals surface area contributed by atoms with Gasteiger partial charge in [0.25, 0.3) is 5.91 Å². The number of alkyl halides is 3. The Morgan fingerprint density at radius 2 is 1.97 bits per heavy atom. The first-order valence-corrected chi connectivity index (χ1v) is 10.6. The largest absolute Gasteiger partial charge is 0.484 e. The molecule has 0 saturated heterocycles. The minimum absolute atomic E-state index is 0.0185. The molecule has 2 amide bonds. The number of carbonyl (C=O) groups excluding carboxylic acids is 2. The van der Waals surface area contributed by atoms with Crippen LogP contribution in [-0.2, 0) is 17.8 Å². The molecule has 1 aliphatic heterocycles. The molecule has 162 valence electrons. The third kappa shape index (κ3) is 5.75. The number of ether oxygens (including phenoxy) is 1. The normalized spacial score (nSPS) is 14.7. The van der Waals surface area contributed by atoms with Crippen LogP contribution in [0.2, 0.25) is 0 Å². The van der Waals surface area contributed by atoms with Crippen molar-refractivity contribution in [1.82, 2.24) is 10.2 Å². The lowest BCUT2D eigenvalue weighted by Gasteiger charge is -2.31. The van der Waals surface area contributed by atoms with E-state index in [2.05, 4.69) is 10.1 Å². The second kappa shape index (κ2) is 9.51. The number of amides is 2. The summed E-state index contributed by atoms with van der Waals surface area (Å²) in [4.78, 5) is 28.7. The van der Waals surface area contributed by atoms with Crippen LogP contribution in [0.4, 0.5) is 13.2 Å². The van der Waals surface area contributed by atoms with Crippen LogP contribution in [0.1, 0.15) is 40.6 Å². The summed E-state index contributed by atoms with van der Waals surface area (Å²) in [5, 5.41) is 4.80. The topological polar surface area (TPSA) is 58.6 Å². The van der Waals surface area contributed by atoms with Gasteiger partial charge in [-0.25, -0.2) is 0 Å². The van der Waals surface area contributed by atoms with Crippen molar-refractivity contribution in [1.29, 1.82) is 0 Å². The van der Waals surface area contributed by atoms with Crippen molar-refractivity contribution < 1.29 is 27.5 Å². The summed E-state index contributed by atoms with van der Waals surface area (Å²) in [6.07, 6.45) is -2.39. The van der Waals surface area contributed by atoms with Crippen LogP contribution in [0.5, 0.6) is 5.75 Å². The fourth-order valence-electron chi connectivity index (χ4n) is 3.31. The molecule has 1 atom stereocenters. The van der Waals surface area contributed by atoms with Gasteiger partial charge < -0.3 is 15.0 Å². The van der Waals surface area contributed by atoms with Gasteiger partial charge in [-0.05, 0) is 54.1 Å². The lowest BCUT2D eigenvalue weighted by molar-refractivity contribution is -0.153. The number of fused-ring (bicyclic) bond motifs is 1. The highest BCUT2D eigenvalue weighted by Crippen LogP contribution is 2.25. The van der Waals surface area contributed by atoms with Crippen LogP contribution in [0, 0.1) is 0 Å². The third-order valence-electron chi connectivity index (χ3n) is 4.82. The van der Waals surface area contributed by atoms with Gasteiger partial charge in [0.1, 0.15) is 11.8 Å². The molecule has 1 aromatic heterocycles. The number of hydrogen-bond acceptors (Lipinski definition) is 4. The minimum Gasteiger partial charge on any atom is -0.484 e. The lowest BCUT2D eigenvalue weighted by Crippen LogP contribution is -2.49. The molecule has 30 heavy (non-hydrogen) atoms. The first kappa shape index (κ1) is 22.1. The highest BCUT2D eigenvalue weighted by Gasteiger charge is 2.29. The Kier molecular flexibility index (Phi) is 7.02. The first-order chi connectivity index (χ1) is 14.3. The van der Waals surface area contributed by atoms with Crippen LogP contribution >= 0.6 is 11.3 Å². The van der Waals surface area contributed by atoms with E-state index in [0.29, 0.717) is 19.5 Å². The number of hydrogen-bond donors (Lipinski definition) is 1. The summed E-state index contributed by atoms with van der Waals surface area (Å²) in [6, 6.07) is 6.75. The Morgan fingerprint density at radius 3 is 2.63 bits per heavy atom. The minimum atomic E-state index is -4.43. The SMILES string of the molecule is CCCC(NC(=O)c1ccc(OCC(F)(F)F)cc1)C(=O)N1CCc2sccc2C1. The maximum atomic E-state index is 13.0. The van der Waals surface area contributed by atoms with Gasteiger partial charge in [0, 0.05) is 23.5 Å². The van der Waals surface area contributed by atoms with E-state index in [1.54, 1.807) is 16.2 Å². The van der Waals surface area contributed by atoms with E-state index in [9.17, 15) is 22.8 Å². The molecular formula is C21H23F3N2O3S. The van der Waals surface area contributed by atoms with Crippen molar-refractivity contribution in [3.05, 3.63) is 51.7 Å². The van der Waals surface area contributed by atoms with Gasteiger partial charge in [-0.1, -0.05) is 13.3 Å². The third-order valence-corrected chi connectivity index (χ3v) is 5.84. The fraction of sp³-hybridized carbons (Fsp3) is 0.429. The van der Waals surface area contributed by atoms with Crippen molar-refractivity contribution in [3.8, 4) is 5.75 Å². The lowest BCUT2D eigenvalue weighted by atomic mass is 10.1. The van der Waals surface area contributed by atoms with E-state index in [1.807, 2.05) is 18.4 Å². The number of nitrogens with one attached hydrogen (secondary N) is 1. The second-order valence-corrected chi connectivity index (χ2v) is 8.12. The number of thiophene rings is 1. The molecular weight excluding hydrogens is 417 g/mol. The summed E-state index contributed by atoms with van der Waals surface area (Å²) in [7, 11) is 0. The Hall–Kier alpha value is -2.55. The van der Waals surface area contributed by atoms with Gasteiger partial charge >= 0.3 is 6.18 Å². The van der Waals surface area contributed by atoms with Gasteiger partial charge in [-0.2, -0.15) is 13.2 Å². The number of carbonyl (C=O) groups is 2. The molecule has 3 rings (SSSR count). The standard InChI is InChI=1S/C21H23F3N2O3S/c1-2-3-17(20(28)26-10-8-18-15(12-26)9-11-30-18)25-19(27)14-4-6-16(7-5-14)29-13-21(22,23)24/h4-7,9,11,17H,2-3,8,10,12-13H2,1H3,(H,25,27). The maximum Gasteiger partial charge on any atom is 0.422 e. The molecule has 2 heterocycles. The molecule has 0 aliphatic carbocycles. The molecule has 1 unspecified atom stereocenters. The van der Waals surface area contributed by atoms with Gasteiger partial charge in [0.15, 0.2) is 6.61 Å². The molecule has 1 aliphatic rings. The van der Waals surface area contributed by atoms with Gasteiger partial charge in [-0.15, -0.1) is 11.3 Å². The van der Waals surface area contributed by atoms with E-state index in [4.69, 9.17) is 0 Å². The highest BCUT2D eigenvalue weighted by molar-refractivity contribution is 7.10. The summed E-state index contributed by atoms with van der Waals surface area (Å²) < 4.78 is 41.3. The van der Waals surface area contributed by atoms with Crippen molar-refractivity contribution in [2.45, 2.75) is 44.9 Å². The van der Waals surface area contributed by atoms with E-state index in [1.165, 1.54) is 29.1 Å². The highest BCUT2D eigenvalue weighted by atomic mass is 32.1. The molecule has 0 bridgehead atoms. The zero-order valence-corrected chi connectivity index (χ0v) is 17.3. The molecule has 1 aromatic carbocycles. The summed E-state index contributed by atoms with van der Waals surface area (Å²) in [5.74, 6) is -0.547. The zero-order chi connectivity index (χ0) is 21.7. The van der Waals surface area contributed by atoms with Gasteiger partial charge in [0.2, 0.25) is 5.91 Å². The number of rotatable bonds is 7. The van der Waals surface area contributed by atoms with Crippen molar-refractivity contribution >= 4 is 23.2 Å². The van der Waals surface area contributed by atoms with E-state index in [0.717, 1.165) is 18.4 Å². The van der Waals surface area contributed by atoms with Crippen LogP contribution < -0.4 is 10.1 Å². The second-order valence-electron chi connectivity index (χ2n) is 7.12. The van der Waals surface area contributed by atoms with E-state index in [-0.39, 0.29) is 17.2 Å². The summed E-state index contributed by atoms with van der Waals surface area (Å²) in [5.41, 5.74) is 1.40. The molecule has 0 saturated carbocycles. The van der Waals surface area contributed by atoms with Crippen LogP contribution in [0.15, 0.2) is 35.7 Å². The molecule has 5 nitrogen and oxygen atoms in total. The molecule has 1 N–H and O–H groups in total. The first-order valence-electron chi connectivity index (χ1n) is 9.71. The van der Waals surface area contributed by atoms with Gasteiger partial charge in [0.05, 0.1) is 0 Å². The predicted octanol–water partition coefficient (Wildman–Crippen LogP) is 4.17. The Bertz CT molecular complexity index is 880. The molecule has 0 spiro atoms. The Balaban J connectivity index is 1.61. The number of nitrogens with zero attached hydrogens (tertiary/aromatic N) is 1. The molecule has 2 aromatic rings. The average molecular weight is 440 g/mol. The molecule has 0 fully saturated rings. The number of benzene rings is 1. The van der Waals surface area contributed by atoms with Crippen molar-refractivity contribution in [2.75, 3.05) is 13.2 Å². The van der Waals surface area contributed by atoms with Crippen molar-refractivity contribution in [2.24, 2.45) is 0 Å². The Morgan fingerprint density at radius 1 is 1.23 bits per heavy atom. The van der Waals surface area contributed by atoms with Crippen LogP contribution in [-0.4, -0.2) is 42.1 Å². The predicted molar refractivity (Wildman–Crippen MR) is 108 cm³/mol. The number of halogens is 3. The van der Waals surface area contributed by atoms with Crippen molar-refractivity contribution in [3.63, 3.8) is 0 Å². The van der Waals surface area contributed by atoms with E-state index < -0.39 is 24.7 Å². The Labute approximate surface area is 176 Å². The molecule has 0 radical (unpaired) electrons. The molecule has 9 heteroatoms. The van der Waals surface area contributed by atoms with Crippen LogP contribution in [0.25, 0.3) is 0 Å².